The number of hydrogen-bond acceptors (Lipinski definition) is 2. The van der Waals surface area contributed by atoms with E-state index in [1.807, 2.05) is 6.08 Å². The molecule has 0 heterocycles. The van der Waals surface area contributed by atoms with Crippen LogP contribution in [0.4, 0.5) is 0 Å². The van der Waals surface area contributed by atoms with Crippen LogP contribution in [0.5, 0.6) is 0 Å². The molecule has 0 amide bonds. The molecule has 3 fully saturated rings. The second-order valence-corrected chi connectivity index (χ2v) is 12.4. The van der Waals surface area contributed by atoms with Gasteiger partial charge in [-0.1, -0.05) is 47.5 Å². The van der Waals surface area contributed by atoms with Crippen molar-refractivity contribution < 1.29 is 9.59 Å². The van der Waals surface area contributed by atoms with Gasteiger partial charge in [-0.3, -0.25) is 9.59 Å². The normalized spacial score (nSPS) is 38.7. The van der Waals surface area contributed by atoms with Crippen molar-refractivity contribution in [3.63, 3.8) is 0 Å². The molecule has 0 aliphatic heterocycles. The molecule has 0 spiro atoms. The number of allylic oxidation sites excluding steroid dienone is 4. The van der Waals surface area contributed by atoms with Gasteiger partial charge in [-0.25, -0.2) is 0 Å². The van der Waals surface area contributed by atoms with Gasteiger partial charge in [0.1, 0.15) is 5.78 Å². The molecule has 2 nitrogen and oxygen atoms in total. The predicted molar refractivity (Wildman–Crippen MR) is 130 cm³/mol. The Morgan fingerprint density at radius 1 is 1.09 bits per heavy atom. The number of carbonyl (C=O) groups is 2. The van der Waals surface area contributed by atoms with Crippen LogP contribution in [0.25, 0.3) is 0 Å². The molecule has 0 N–H and O–H groups in total. The van der Waals surface area contributed by atoms with Gasteiger partial charge in [-0.2, -0.15) is 0 Å². The molecule has 0 bridgehead atoms. The second kappa shape index (κ2) is 7.52. The van der Waals surface area contributed by atoms with Crippen LogP contribution in [-0.2, 0) is 9.59 Å². The van der Waals surface area contributed by atoms with Gasteiger partial charge in [0.15, 0.2) is 5.78 Å². The van der Waals surface area contributed by atoms with Gasteiger partial charge >= 0.3 is 0 Å². The number of halogens is 1. The molecule has 0 radical (unpaired) electrons. The Balaban J connectivity index is 1.41. The number of carbonyl (C=O) groups excluding carboxylic acids is 2. The zero-order valence-electron chi connectivity index (χ0n) is 19.2. The van der Waals surface area contributed by atoms with E-state index >= 15 is 0 Å². The highest BCUT2D eigenvalue weighted by Crippen LogP contribution is 2.65. The Kier molecular flexibility index (Phi) is 4.95. The SMILES string of the molecule is CC1C[C@H]2[C@@H]3CCC4=CC(=O)CC(c5ccc(Br)cc5)C4=C3CC[C@]2(C)C1C(=O)C1CC1. The molecule has 3 saturated carbocycles. The summed E-state index contributed by atoms with van der Waals surface area (Å²) in [6, 6.07) is 8.59. The Morgan fingerprint density at radius 2 is 1.84 bits per heavy atom. The Labute approximate surface area is 200 Å². The lowest BCUT2D eigenvalue weighted by Crippen LogP contribution is -2.43. The van der Waals surface area contributed by atoms with Crippen molar-refractivity contribution in [2.24, 2.45) is 35.0 Å². The van der Waals surface area contributed by atoms with Crippen LogP contribution < -0.4 is 0 Å². The molecule has 5 aliphatic carbocycles. The van der Waals surface area contributed by atoms with Gasteiger partial charge in [0.05, 0.1) is 0 Å². The van der Waals surface area contributed by atoms with E-state index in [9.17, 15) is 9.59 Å². The van der Waals surface area contributed by atoms with Crippen molar-refractivity contribution >= 4 is 27.5 Å². The van der Waals surface area contributed by atoms with Crippen molar-refractivity contribution in [3.05, 3.63) is 57.1 Å². The Bertz CT molecular complexity index is 1040. The lowest BCUT2D eigenvalue weighted by Gasteiger charge is -2.50. The fraction of sp³-hybridized carbons (Fsp3) is 0.586. The molecule has 3 unspecified atom stereocenters. The summed E-state index contributed by atoms with van der Waals surface area (Å²) < 4.78 is 1.08. The summed E-state index contributed by atoms with van der Waals surface area (Å²) in [4.78, 5) is 26.0. The predicted octanol–water partition coefficient (Wildman–Crippen LogP) is 7.19. The molecule has 0 aromatic heterocycles. The van der Waals surface area contributed by atoms with Gasteiger partial charge in [0.2, 0.25) is 0 Å². The number of fused-ring (bicyclic) bond motifs is 4. The van der Waals surface area contributed by atoms with Gasteiger partial charge in [0.25, 0.3) is 0 Å². The monoisotopic (exact) mass is 492 g/mol. The lowest BCUT2D eigenvalue weighted by molar-refractivity contribution is -0.130. The van der Waals surface area contributed by atoms with Crippen LogP contribution in [0, 0.1) is 35.0 Å². The summed E-state index contributed by atoms with van der Waals surface area (Å²) in [6.07, 6.45) is 10.4. The van der Waals surface area contributed by atoms with Crippen LogP contribution in [0.15, 0.2) is 51.5 Å². The van der Waals surface area contributed by atoms with Gasteiger partial charge in [-0.05, 0) is 103 Å². The average molecular weight is 493 g/mol. The maximum absolute atomic E-state index is 13.3. The minimum Gasteiger partial charge on any atom is -0.299 e. The molecule has 3 heteroatoms. The molecule has 5 aliphatic rings. The second-order valence-electron chi connectivity index (χ2n) is 11.5. The zero-order valence-corrected chi connectivity index (χ0v) is 20.8. The standard InChI is InChI=1S/C29H33BrO2/c1-16-13-25-22-10-7-19-14-21(31)15-24(17-5-8-20(30)9-6-17)26(19)23(22)11-12-29(25,2)27(16)28(32)18-3-4-18/h5-6,8-9,14,16,18,22,24-25,27H,3-4,7,10-13,15H2,1-2H3/t16?,22-,24?,25+,27?,29+/m1/s1. The molecular weight excluding hydrogens is 460 g/mol. The third kappa shape index (κ3) is 3.17. The van der Waals surface area contributed by atoms with E-state index < -0.39 is 0 Å². The smallest absolute Gasteiger partial charge is 0.156 e. The fourth-order valence-corrected chi connectivity index (χ4v) is 8.47. The zero-order chi connectivity index (χ0) is 22.2. The maximum Gasteiger partial charge on any atom is 0.156 e. The molecule has 168 valence electrons. The molecule has 1 aromatic carbocycles. The average Bonchev–Trinajstić information content (AvgIpc) is 3.57. The number of hydrogen-bond donors (Lipinski definition) is 0. The highest BCUT2D eigenvalue weighted by Gasteiger charge is 2.59. The number of rotatable bonds is 3. The van der Waals surface area contributed by atoms with E-state index in [1.54, 1.807) is 5.57 Å². The first-order chi connectivity index (χ1) is 15.4. The number of Topliss-reactive ketones (excluding diaryl/α,β-unsaturated/α-hetero) is 1. The third-order valence-electron chi connectivity index (χ3n) is 9.68. The molecule has 0 saturated heterocycles. The van der Waals surface area contributed by atoms with Gasteiger partial charge < -0.3 is 0 Å². The van der Waals surface area contributed by atoms with E-state index in [2.05, 4.69) is 54.0 Å². The van der Waals surface area contributed by atoms with Crippen LogP contribution in [0.2, 0.25) is 0 Å². The van der Waals surface area contributed by atoms with E-state index in [1.165, 1.54) is 23.1 Å². The largest absolute Gasteiger partial charge is 0.299 e. The Hall–Kier alpha value is -1.48. The Morgan fingerprint density at radius 3 is 2.56 bits per heavy atom. The van der Waals surface area contributed by atoms with Gasteiger partial charge in [-0.15, -0.1) is 0 Å². The van der Waals surface area contributed by atoms with Crippen LogP contribution in [-0.4, -0.2) is 11.6 Å². The van der Waals surface area contributed by atoms with E-state index in [4.69, 9.17) is 0 Å². The van der Waals surface area contributed by atoms with Crippen molar-refractivity contribution in [2.75, 3.05) is 0 Å². The van der Waals surface area contributed by atoms with Crippen LogP contribution in [0.1, 0.15) is 76.7 Å². The first-order valence-corrected chi connectivity index (χ1v) is 13.4. The quantitative estimate of drug-likeness (QED) is 0.447. The molecule has 32 heavy (non-hydrogen) atoms. The maximum atomic E-state index is 13.3. The molecule has 1 aromatic rings. The topological polar surface area (TPSA) is 34.1 Å². The first-order valence-electron chi connectivity index (χ1n) is 12.6. The molecular formula is C29H33BrO2. The lowest BCUT2D eigenvalue weighted by atomic mass is 9.54. The third-order valence-corrected chi connectivity index (χ3v) is 10.2. The highest BCUT2D eigenvalue weighted by atomic mass is 79.9. The van der Waals surface area contributed by atoms with Crippen LogP contribution in [0.3, 0.4) is 0 Å². The van der Waals surface area contributed by atoms with Crippen molar-refractivity contribution in [1.82, 2.24) is 0 Å². The fourth-order valence-electron chi connectivity index (χ4n) is 8.21. The summed E-state index contributed by atoms with van der Waals surface area (Å²) in [5, 5.41) is 0. The minimum atomic E-state index is 0.159. The summed E-state index contributed by atoms with van der Waals surface area (Å²) >= 11 is 3.56. The van der Waals surface area contributed by atoms with E-state index in [-0.39, 0.29) is 23.0 Å². The van der Waals surface area contributed by atoms with Crippen molar-refractivity contribution in [2.45, 2.75) is 71.1 Å². The highest BCUT2D eigenvalue weighted by molar-refractivity contribution is 9.10. The molecule has 6 atom stereocenters. The van der Waals surface area contributed by atoms with Crippen molar-refractivity contribution in [1.29, 1.82) is 0 Å². The summed E-state index contributed by atoms with van der Waals surface area (Å²) in [5.41, 5.74) is 5.87. The van der Waals surface area contributed by atoms with E-state index in [0.717, 1.165) is 43.0 Å². The summed E-state index contributed by atoms with van der Waals surface area (Å²) in [6.45, 7) is 4.80. The number of benzene rings is 1. The summed E-state index contributed by atoms with van der Waals surface area (Å²) in [7, 11) is 0. The van der Waals surface area contributed by atoms with E-state index in [0.29, 0.717) is 35.9 Å². The number of ketones is 2. The molecule has 6 rings (SSSR count). The summed E-state index contributed by atoms with van der Waals surface area (Å²) in [5.74, 6) is 3.41. The first kappa shape index (κ1) is 21.1. The minimum absolute atomic E-state index is 0.159. The van der Waals surface area contributed by atoms with Crippen LogP contribution >= 0.6 is 15.9 Å². The van der Waals surface area contributed by atoms with Crippen molar-refractivity contribution in [3.8, 4) is 0 Å². The van der Waals surface area contributed by atoms with Gasteiger partial charge in [0, 0.05) is 28.6 Å².